The molecule has 7 unspecified atom stereocenters. The molecule has 0 aromatic rings. The fourth-order valence-corrected chi connectivity index (χ4v) is 6.93. The van der Waals surface area contributed by atoms with Crippen LogP contribution in [0.2, 0.25) is 0 Å². The summed E-state index contributed by atoms with van der Waals surface area (Å²) in [6.45, 7) is 4.27. The predicted octanol–water partition coefficient (Wildman–Crippen LogP) is 7.77. The maximum atomic E-state index is 12.8. The second-order valence-corrected chi connectivity index (χ2v) is 15.1. The van der Waals surface area contributed by atoms with Crippen molar-refractivity contribution in [3.63, 3.8) is 0 Å². The standard InChI is InChI=1S/C41H80N2O6/c1-3-5-6-7-8-9-10-11-12-13-14-15-16-17-18-19-20-21-22-23-24-25-26-31-39(47)43-36(38(46)32-34(44)4-2)33-42-35-29-27-28-30-37(45)41(49)40(35)48/h27,29,34-38,40-42,44-46,48-49H,3-26,28,30-33H2,1-2H3,(H,43,47)/b29-27-. The SMILES string of the molecule is CCCCCCCCCCCCCCCCCCCCCCCCCC(=O)NC(CNC1/C=C\CCC(O)C(O)C1O)C(O)CC(O)CC. The van der Waals surface area contributed by atoms with Gasteiger partial charge in [0, 0.05) is 19.4 Å². The Bertz CT molecular complexity index is 783. The summed E-state index contributed by atoms with van der Waals surface area (Å²) in [5.74, 6) is -0.135. The first-order valence-electron chi connectivity index (χ1n) is 20.9. The van der Waals surface area contributed by atoms with E-state index in [1.54, 1.807) is 6.08 Å². The van der Waals surface area contributed by atoms with Gasteiger partial charge in [-0.1, -0.05) is 167 Å². The normalized spacial score (nSPS) is 22.3. The van der Waals surface area contributed by atoms with Gasteiger partial charge < -0.3 is 36.2 Å². The second kappa shape index (κ2) is 31.7. The van der Waals surface area contributed by atoms with E-state index in [2.05, 4.69) is 17.6 Å². The molecule has 0 fully saturated rings. The first kappa shape index (κ1) is 46.0. The smallest absolute Gasteiger partial charge is 0.220 e. The second-order valence-electron chi connectivity index (χ2n) is 15.1. The highest BCUT2D eigenvalue weighted by atomic mass is 16.4. The van der Waals surface area contributed by atoms with Crippen LogP contribution in [0.25, 0.3) is 0 Å². The molecule has 8 heteroatoms. The lowest BCUT2D eigenvalue weighted by Crippen LogP contribution is -2.56. The lowest BCUT2D eigenvalue weighted by Gasteiger charge is -2.32. The number of rotatable bonds is 32. The molecule has 7 N–H and O–H groups in total. The van der Waals surface area contributed by atoms with Crippen molar-refractivity contribution in [2.75, 3.05) is 6.54 Å². The molecule has 0 aliphatic heterocycles. The number of aliphatic hydroxyl groups excluding tert-OH is 5. The van der Waals surface area contributed by atoms with Gasteiger partial charge in [-0.05, 0) is 25.7 Å². The van der Waals surface area contributed by atoms with Crippen LogP contribution in [-0.4, -0.2) is 80.6 Å². The third-order valence-corrected chi connectivity index (χ3v) is 10.5. The van der Waals surface area contributed by atoms with Crippen LogP contribution in [0.5, 0.6) is 0 Å². The van der Waals surface area contributed by atoms with Crippen LogP contribution in [0.15, 0.2) is 12.2 Å². The van der Waals surface area contributed by atoms with Crippen molar-refractivity contribution in [2.24, 2.45) is 0 Å². The van der Waals surface area contributed by atoms with E-state index in [1.165, 1.54) is 128 Å². The van der Waals surface area contributed by atoms with Gasteiger partial charge in [0.1, 0.15) is 12.2 Å². The number of hydrogen-bond acceptors (Lipinski definition) is 7. The van der Waals surface area contributed by atoms with Gasteiger partial charge in [-0.2, -0.15) is 0 Å². The Hall–Kier alpha value is -1.03. The molecule has 0 bridgehead atoms. The first-order valence-corrected chi connectivity index (χ1v) is 20.9. The van der Waals surface area contributed by atoms with E-state index in [-0.39, 0.29) is 18.9 Å². The molecule has 0 saturated heterocycles. The van der Waals surface area contributed by atoms with Crippen LogP contribution < -0.4 is 10.6 Å². The molecule has 0 aromatic heterocycles. The van der Waals surface area contributed by atoms with Crippen molar-refractivity contribution in [3.8, 4) is 0 Å². The number of amides is 1. The molecule has 0 saturated carbocycles. The Labute approximate surface area is 301 Å². The van der Waals surface area contributed by atoms with Crippen molar-refractivity contribution < 1.29 is 30.3 Å². The van der Waals surface area contributed by atoms with E-state index >= 15 is 0 Å². The molecule has 0 radical (unpaired) electrons. The highest BCUT2D eigenvalue weighted by molar-refractivity contribution is 5.76. The van der Waals surface area contributed by atoms with Gasteiger partial charge in [0.05, 0.1) is 30.4 Å². The van der Waals surface area contributed by atoms with Crippen molar-refractivity contribution in [3.05, 3.63) is 12.2 Å². The maximum Gasteiger partial charge on any atom is 0.220 e. The number of nitrogens with one attached hydrogen (secondary N) is 2. The molecule has 8 nitrogen and oxygen atoms in total. The average molecular weight is 697 g/mol. The van der Waals surface area contributed by atoms with Gasteiger partial charge in [0.25, 0.3) is 0 Å². The Morgan fingerprint density at radius 1 is 0.673 bits per heavy atom. The van der Waals surface area contributed by atoms with Gasteiger partial charge in [0.2, 0.25) is 5.91 Å². The lowest BCUT2D eigenvalue weighted by atomic mass is 9.94. The number of aliphatic hydroxyl groups is 5. The third kappa shape index (κ3) is 24.7. The third-order valence-electron chi connectivity index (χ3n) is 10.5. The van der Waals surface area contributed by atoms with E-state index in [1.807, 2.05) is 13.0 Å². The van der Waals surface area contributed by atoms with E-state index in [0.29, 0.717) is 25.7 Å². The van der Waals surface area contributed by atoms with Gasteiger partial charge in [0.15, 0.2) is 0 Å². The van der Waals surface area contributed by atoms with Crippen molar-refractivity contribution in [2.45, 2.75) is 236 Å². The number of carbonyl (C=O) groups is 1. The molecule has 0 heterocycles. The van der Waals surface area contributed by atoms with E-state index in [0.717, 1.165) is 19.3 Å². The summed E-state index contributed by atoms with van der Waals surface area (Å²) >= 11 is 0. The van der Waals surface area contributed by atoms with Crippen LogP contribution in [0.1, 0.15) is 194 Å². The van der Waals surface area contributed by atoms with Gasteiger partial charge in [-0.3, -0.25) is 4.79 Å². The average Bonchev–Trinajstić information content (AvgIpc) is 3.09. The highest BCUT2D eigenvalue weighted by Crippen LogP contribution is 2.17. The molecule has 7 atom stereocenters. The Morgan fingerprint density at radius 3 is 1.57 bits per heavy atom. The summed E-state index contributed by atoms with van der Waals surface area (Å²) in [5, 5.41) is 57.9. The number of hydrogen-bond donors (Lipinski definition) is 7. The molecule has 49 heavy (non-hydrogen) atoms. The summed E-state index contributed by atoms with van der Waals surface area (Å²) in [7, 11) is 0. The fraction of sp³-hybridized carbons (Fsp3) is 0.927. The maximum absolute atomic E-state index is 12.8. The molecular formula is C41H80N2O6. The topological polar surface area (TPSA) is 142 Å². The van der Waals surface area contributed by atoms with Crippen LogP contribution >= 0.6 is 0 Å². The Kier molecular flexibility index (Phi) is 29.7. The van der Waals surface area contributed by atoms with E-state index < -0.39 is 42.6 Å². The van der Waals surface area contributed by atoms with Gasteiger partial charge in [-0.15, -0.1) is 0 Å². The van der Waals surface area contributed by atoms with Crippen LogP contribution in [-0.2, 0) is 4.79 Å². The minimum Gasteiger partial charge on any atom is -0.393 e. The minimum absolute atomic E-state index is 0.132. The molecule has 0 spiro atoms. The zero-order valence-corrected chi connectivity index (χ0v) is 31.8. The monoisotopic (exact) mass is 697 g/mol. The summed E-state index contributed by atoms with van der Waals surface area (Å²) in [6.07, 6.45) is 31.0. The largest absolute Gasteiger partial charge is 0.393 e. The molecule has 1 rings (SSSR count). The minimum atomic E-state index is -1.29. The predicted molar refractivity (Wildman–Crippen MR) is 204 cm³/mol. The molecule has 0 aromatic carbocycles. The van der Waals surface area contributed by atoms with Crippen LogP contribution in [0, 0.1) is 0 Å². The summed E-state index contributed by atoms with van der Waals surface area (Å²) in [5.41, 5.74) is 0. The Morgan fingerprint density at radius 2 is 1.12 bits per heavy atom. The fourth-order valence-electron chi connectivity index (χ4n) is 6.93. The Balaban J connectivity index is 2.10. The van der Waals surface area contributed by atoms with Crippen molar-refractivity contribution >= 4 is 5.91 Å². The zero-order chi connectivity index (χ0) is 36.0. The van der Waals surface area contributed by atoms with Crippen molar-refractivity contribution in [1.29, 1.82) is 0 Å². The molecule has 290 valence electrons. The van der Waals surface area contributed by atoms with Gasteiger partial charge in [-0.25, -0.2) is 0 Å². The quantitative estimate of drug-likeness (QED) is 0.0281. The highest BCUT2D eigenvalue weighted by Gasteiger charge is 2.32. The number of allylic oxidation sites excluding steroid dienone is 1. The molecule has 1 aliphatic carbocycles. The molecule has 1 aliphatic rings. The summed E-state index contributed by atoms with van der Waals surface area (Å²) in [4.78, 5) is 12.8. The molecular weight excluding hydrogens is 616 g/mol. The van der Waals surface area contributed by atoms with Crippen molar-refractivity contribution in [1.82, 2.24) is 10.6 Å². The zero-order valence-electron chi connectivity index (χ0n) is 31.8. The molecule has 1 amide bonds. The lowest BCUT2D eigenvalue weighted by molar-refractivity contribution is -0.123. The summed E-state index contributed by atoms with van der Waals surface area (Å²) in [6, 6.07) is -1.30. The van der Waals surface area contributed by atoms with Crippen LogP contribution in [0.3, 0.4) is 0 Å². The number of carbonyl (C=O) groups excluding carboxylic acids is 1. The van der Waals surface area contributed by atoms with Gasteiger partial charge >= 0.3 is 0 Å². The number of unbranched alkanes of at least 4 members (excludes halogenated alkanes) is 22. The first-order chi connectivity index (χ1) is 23.8. The van der Waals surface area contributed by atoms with E-state index in [9.17, 15) is 30.3 Å². The summed E-state index contributed by atoms with van der Waals surface area (Å²) < 4.78 is 0. The van der Waals surface area contributed by atoms with Crippen LogP contribution in [0.4, 0.5) is 0 Å². The van der Waals surface area contributed by atoms with E-state index in [4.69, 9.17) is 0 Å².